The van der Waals surface area contributed by atoms with Crippen molar-refractivity contribution < 1.29 is 32.7 Å². The van der Waals surface area contributed by atoms with Crippen molar-refractivity contribution >= 4 is 11.7 Å². The number of nitro groups is 1. The van der Waals surface area contributed by atoms with Crippen molar-refractivity contribution in [3.8, 4) is 5.75 Å². The van der Waals surface area contributed by atoms with Crippen LogP contribution in [0.25, 0.3) is 0 Å². The van der Waals surface area contributed by atoms with E-state index in [1.54, 1.807) is 19.2 Å². The molecule has 0 bridgehead atoms. The standard InChI is InChI=1S/C20H25N3O3.C2HF3O2/c1-26-20-7-5-16(6-8-20)15-22-11-9-18(10-12-22)21-14-17-3-2-4-19(13-17)23(24)25;3-2(4,5)1(6)7/h2-8,13,18,21H,9-12,14-15H2,1H3;(H,6,7). The van der Waals surface area contributed by atoms with Crippen LogP contribution in [-0.4, -0.2) is 53.3 Å². The molecule has 1 heterocycles. The first-order valence-corrected chi connectivity index (χ1v) is 10.2. The van der Waals surface area contributed by atoms with Gasteiger partial charge in [-0.1, -0.05) is 24.3 Å². The second kappa shape index (κ2) is 12.2. The van der Waals surface area contributed by atoms with Crippen LogP contribution >= 0.6 is 0 Å². The summed E-state index contributed by atoms with van der Waals surface area (Å²) >= 11 is 0. The molecule has 0 radical (unpaired) electrons. The number of non-ortho nitro benzene ring substituents is 1. The van der Waals surface area contributed by atoms with Crippen molar-refractivity contribution in [3.63, 3.8) is 0 Å². The van der Waals surface area contributed by atoms with Crippen LogP contribution in [0.2, 0.25) is 0 Å². The molecular weight excluding hydrogens is 443 g/mol. The number of hydrogen-bond acceptors (Lipinski definition) is 6. The first-order valence-electron chi connectivity index (χ1n) is 10.2. The van der Waals surface area contributed by atoms with E-state index in [0.717, 1.165) is 43.8 Å². The second-order valence-corrected chi connectivity index (χ2v) is 7.51. The van der Waals surface area contributed by atoms with Crippen LogP contribution in [0.15, 0.2) is 48.5 Å². The Balaban J connectivity index is 0.000000479. The molecule has 0 aromatic heterocycles. The lowest BCUT2D eigenvalue weighted by Crippen LogP contribution is -2.41. The third kappa shape index (κ3) is 9.07. The molecule has 2 aromatic rings. The van der Waals surface area contributed by atoms with Crippen LogP contribution in [-0.2, 0) is 17.9 Å². The summed E-state index contributed by atoms with van der Waals surface area (Å²) in [4.78, 5) is 21.9. The number of carboxylic acids is 1. The molecule has 2 N–H and O–H groups in total. The average molecular weight is 469 g/mol. The lowest BCUT2D eigenvalue weighted by atomic mass is 10.0. The van der Waals surface area contributed by atoms with E-state index >= 15 is 0 Å². The van der Waals surface area contributed by atoms with Crippen molar-refractivity contribution in [2.75, 3.05) is 20.2 Å². The van der Waals surface area contributed by atoms with Gasteiger partial charge in [0.05, 0.1) is 12.0 Å². The highest BCUT2D eigenvalue weighted by Crippen LogP contribution is 2.18. The van der Waals surface area contributed by atoms with Crippen molar-refractivity contribution in [2.24, 2.45) is 0 Å². The Morgan fingerprint density at radius 3 is 2.30 bits per heavy atom. The number of methoxy groups -OCH3 is 1. The summed E-state index contributed by atoms with van der Waals surface area (Å²) in [7, 11) is 1.68. The van der Waals surface area contributed by atoms with Crippen LogP contribution in [0.3, 0.4) is 0 Å². The molecule has 33 heavy (non-hydrogen) atoms. The van der Waals surface area contributed by atoms with Crippen LogP contribution < -0.4 is 10.1 Å². The fourth-order valence-electron chi connectivity index (χ4n) is 3.33. The molecule has 180 valence electrons. The molecule has 2 aromatic carbocycles. The number of alkyl halides is 3. The molecule has 0 saturated carbocycles. The summed E-state index contributed by atoms with van der Waals surface area (Å²) in [5.74, 6) is -1.87. The van der Waals surface area contributed by atoms with E-state index in [0.29, 0.717) is 12.6 Å². The number of rotatable bonds is 7. The lowest BCUT2D eigenvalue weighted by Gasteiger charge is -2.32. The van der Waals surface area contributed by atoms with E-state index in [4.69, 9.17) is 14.6 Å². The highest BCUT2D eigenvalue weighted by Gasteiger charge is 2.38. The largest absolute Gasteiger partial charge is 0.497 e. The van der Waals surface area contributed by atoms with Crippen LogP contribution in [0.4, 0.5) is 18.9 Å². The number of halogens is 3. The van der Waals surface area contributed by atoms with Crippen LogP contribution in [0.5, 0.6) is 5.75 Å². The number of ether oxygens (including phenoxy) is 1. The van der Waals surface area contributed by atoms with E-state index in [1.165, 1.54) is 11.6 Å². The Morgan fingerprint density at radius 1 is 1.18 bits per heavy atom. The van der Waals surface area contributed by atoms with E-state index in [-0.39, 0.29) is 10.6 Å². The third-order valence-electron chi connectivity index (χ3n) is 5.11. The maximum atomic E-state index is 10.9. The maximum Gasteiger partial charge on any atom is 0.490 e. The molecule has 0 unspecified atom stereocenters. The Bertz CT molecular complexity index is 914. The molecule has 0 aliphatic carbocycles. The number of nitrogens with zero attached hydrogens (tertiary/aromatic N) is 2. The minimum Gasteiger partial charge on any atom is -0.497 e. The predicted molar refractivity (Wildman–Crippen MR) is 115 cm³/mol. The first kappa shape index (κ1) is 26.1. The molecule has 11 heteroatoms. The molecule has 1 aliphatic rings. The number of hydrogen-bond donors (Lipinski definition) is 2. The van der Waals surface area contributed by atoms with Gasteiger partial charge in [-0.2, -0.15) is 13.2 Å². The molecule has 0 amide bonds. The van der Waals surface area contributed by atoms with Gasteiger partial charge in [0.1, 0.15) is 5.75 Å². The Morgan fingerprint density at radius 2 is 1.79 bits per heavy atom. The summed E-state index contributed by atoms with van der Waals surface area (Å²) in [6.45, 7) is 3.74. The van der Waals surface area contributed by atoms with Gasteiger partial charge in [0.15, 0.2) is 0 Å². The number of carbonyl (C=O) groups is 1. The molecule has 0 spiro atoms. The zero-order valence-electron chi connectivity index (χ0n) is 18.0. The highest BCUT2D eigenvalue weighted by atomic mass is 19.4. The van der Waals surface area contributed by atoms with Crippen molar-refractivity contribution in [2.45, 2.75) is 38.1 Å². The van der Waals surface area contributed by atoms with Gasteiger partial charge in [-0.15, -0.1) is 0 Å². The zero-order valence-corrected chi connectivity index (χ0v) is 18.0. The molecule has 8 nitrogen and oxygen atoms in total. The Hall–Kier alpha value is -3.18. The second-order valence-electron chi connectivity index (χ2n) is 7.51. The fourth-order valence-corrected chi connectivity index (χ4v) is 3.33. The summed E-state index contributed by atoms with van der Waals surface area (Å²) in [6.07, 6.45) is -2.91. The monoisotopic (exact) mass is 469 g/mol. The van der Waals surface area contributed by atoms with Gasteiger partial charge in [0.25, 0.3) is 5.69 Å². The van der Waals surface area contributed by atoms with Gasteiger partial charge < -0.3 is 15.2 Å². The lowest BCUT2D eigenvalue weighted by molar-refractivity contribution is -0.384. The van der Waals surface area contributed by atoms with E-state index < -0.39 is 12.1 Å². The van der Waals surface area contributed by atoms with E-state index in [1.807, 2.05) is 18.2 Å². The number of piperidine rings is 1. The number of nitro benzene ring substituents is 1. The van der Waals surface area contributed by atoms with E-state index in [2.05, 4.69) is 22.3 Å². The van der Waals surface area contributed by atoms with Gasteiger partial charge in [-0.05, 0) is 49.2 Å². The first-order chi connectivity index (χ1) is 15.6. The minimum atomic E-state index is -5.08. The minimum absolute atomic E-state index is 0.151. The summed E-state index contributed by atoms with van der Waals surface area (Å²) in [5.41, 5.74) is 2.41. The third-order valence-corrected chi connectivity index (χ3v) is 5.11. The molecule has 1 fully saturated rings. The predicted octanol–water partition coefficient (Wildman–Crippen LogP) is 3.99. The molecule has 1 saturated heterocycles. The number of carboxylic acid groups (broad SMARTS) is 1. The quantitative estimate of drug-likeness (QED) is 0.467. The molecule has 3 rings (SSSR count). The van der Waals surface area contributed by atoms with Gasteiger partial charge in [0.2, 0.25) is 0 Å². The average Bonchev–Trinajstić information content (AvgIpc) is 2.79. The van der Waals surface area contributed by atoms with Crippen molar-refractivity contribution in [3.05, 3.63) is 69.8 Å². The maximum absolute atomic E-state index is 10.9. The van der Waals surface area contributed by atoms with Gasteiger partial charge in [-0.3, -0.25) is 15.0 Å². The number of likely N-dealkylation sites (tertiary alicyclic amines) is 1. The molecule has 1 aliphatic heterocycles. The molecular formula is C22H26F3N3O5. The SMILES string of the molecule is COc1ccc(CN2CCC(NCc3cccc([N+](=O)[O-])c3)CC2)cc1.O=C(O)C(F)(F)F. The smallest absolute Gasteiger partial charge is 0.490 e. The number of aliphatic carboxylic acids is 1. The Labute approximate surface area is 189 Å². The Kier molecular flexibility index (Phi) is 9.61. The summed E-state index contributed by atoms with van der Waals surface area (Å²) < 4.78 is 36.9. The number of nitrogens with one attached hydrogen (secondary N) is 1. The van der Waals surface area contributed by atoms with Crippen molar-refractivity contribution in [1.29, 1.82) is 0 Å². The topological polar surface area (TPSA) is 105 Å². The van der Waals surface area contributed by atoms with Crippen molar-refractivity contribution in [1.82, 2.24) is 10.2 Å². The highest BCUT2D eigenvalue weighted by molar-refractivity contribution is 5.73. The van der Waals surface area contributed by atoms with Gasteiger partial charge in [0, 0.05) is 31.3 Å². The number of benzene rings is 2. The molecule has 0 atom stereocenters. The summed E-state index contributed by atoms with van der Waals surface area (Å²) in [6, 6.07) is 15.5. The van der Waals surface area contributed by atoms with Gasteiger partial charge >= 0.3 is 12.1 Å². The summed E-state index contributed by atoms with van der Waals surface area (Å²) in [5, 5.41) is 21.5. The normalized spacial score (nSPS) is 14.8. The van der Waals surface area contributed by atoms with Gasteiger partial charge in [-0.25, -0.2) is 4.79 Å². The van der Waals surface area contributed by atoms with E-state index in [9.17, 15) is 23.3 Å². The zero-order chi connectivity index (χ0) is 24.4. The van der Waals surface area contributed by atoms with Crippen LogP contribution in [0, 0.1) is 10.1 Å². The van der Waals surface area contributed by atoms with Crippen LogP contribution in [0.1, 0.15) is 24.0 Å². The fraction of sp³-hybridized carbons (Fsp3) is 0.409.